The van der Waals surface area contributed by atoms with E-state index in [-0.39, 0.29) is 0 Å². The molecule has 2 aromatic rings. The summed E-state index contributed by atoms with van der Waals surface area (Å²) in [5.41, 5.74) is 4.38. The number of hydrogen-bond donors (Lipinski definition) is 0. The minimum absolute atomic E-state index is 0.490. The van der Waals surface area contributed by atoms with E-state index in [9.17, 15) is 0 Å². The van der Waals surface area contributed by atoms with Gasteiger partial charge in [-0.05, 0) is 62.6 Å². The molecule has 0 spiro atoms. The van der Waals surface area contributed by atoms with Crippen molar-refractivity contribution in [3.63, 3.8) is 0 Å². The highest BCUT2D eigenvalue weighted by molar-refractivity contribution is 5.56. The van der Waals surface area contributed by atoms with Crippen molar-refractivity contribution in [2.24, 2.45) is 5.92 Å². The molecule has 3 aliphatic rings. The molecule has 1 aliphatic heterocycles. The zero-order valence-corrected chi connectivity index (χ0v) is 18.1. The second-order valence-corrected chi connectivity index (χ2v) is 9.63. The van der Waals surface area contributed by atoms with Crippen LogP contribution in [0.3, 0.4) is 0 Å². The van der Waals surface area contributed by atoms with Crippen molar-refractivity contribution in [3.05, 3.63) is 65.7 Å². The van der Waals surface area contributed by atoms with Crippen molar-refractivity contribution in [2.45, 2.75) is 89.5 Å². The van der Waals surface area contributed by atoms with Gasteiger partial charge in [0.15, 0.2) is 0 Å². The molecule has 0 amide bonds. The summed E-state index contributed by atoms with van der Waals surface area (Å²) in [5, 5.41) is 0. The zero-order valence-electron chi connectivity index (χ0n) is 18.1. The number of para-hydroxylation sites is 1. The van der Waals surface area contributed by atoms with Gasteiger partial charge in [-0.15, -0.1) is 0 Å². The van der Waals surface area contributed by atoms with Crippen LogP contribution in [0.2, 0.25) is 0 Å². The van der Waals surface area contributed by atoms with Gasteiger partial charge >= 0.3 is 0 Å². The first-order valence-corrected chi connectivity index (χ1v) is 11.9. The Balaban J connectivity index is 1.64. The van der Waals surface area contributed by atoms with Gasteiger partial charge in [-0.3, -0.25) is 4.90 Å². The number of anilines is 1. The van der Waals surface area contributed by atoms with E-state index in [0.29, 0.717) is 18.2 Å². The second kappa shape index (κ2) is 8.14. The van der Waals surface area contributed by atoms with E-state index in [1.807, 2.05) is 0 Å². The van der Waals surface area contributed by atoms with Crippen LogP contribution < -0.4 is 4.90 Å². The predicted octanol–water partition coefficient (Wildman–Crippen LogP) is 6.71. The summed E-state index contributed by atoms with van der Waals surface area (Å²) in [7, 11) is 0. The summed E-state index contributed by atoms with van der Waals surface area (Å²) in [5.74, 6) is 0.798. The Labute approximate surface area is 176 Å². The monoisotopic (exact) mass is 388 g/mol. The normalized spacial score (nSPS) is 29.2. The van der Waals surface area contributed by atoms with Crippen LogP contribution >= 0.6 is 0 Å². The number of aryl methyl sites for hydroxylation is 1. The van der Waals surface area contributed by atoms with Crippen molar-refractivity contribution >= 4 is 5.69 Å². The van der Waals surface area contributed by atoms with Gasteiger partial charge in [0.1, 0.15) is 0 Å². The van der Waals surface area contributed by atoms with Crippen LogP contribution in [-0.4, -0.2) is 23.1 Å². The van der Waals surface area contributed by atoms with Crippen molar-refractivity contribution < 1.29 is 0 Å². The summed E-state index contributed by atoms with van der Waals surface area (Å²) in [6.07, 6.45) is 11.7. The van der Waals surface area contributed by atoms with Gasteiger partial charge in [0.2, 0.25) is 0 Å². The molecule has 0 N–H and O–H groups in total. The Morgan fingerprint density at radius 1 is 0.759 bits per heavy atom. The molecule has 2 aliphatic carbocycles. The van der Waals surface area contributed by atoms with Crippen LogP contribution in [0.5, 0.6) is 0 Å². The molecule has 0 radical (unpaired) electrons. The van der Waals surface area contributed by atoms with Crippen molar-refractivity contribution in [2.75, 3.05) is 4.90 Å². The van der Waals surface area contributed by atoms with Crippen LogP contribution in [-0.2, 0) is 0 Å². The maximum Gasteiger partial charge on any atom is 0.0861 e. The van der Waals surface area contributed by atoms with Gasteiger partial charge in [0.05, 0.1) is 12.2 Å². The Morgan fingerprint density at radius 2 is 1.38 bits per heavy atom. The van der Waals surface area contributed by atoms with Gasteiger partial charge < -0.3 is 4.90 Å². The average Bonchev–Trinajstić information content (AvgIpc) is 3.49. The highest BCUT2D eigenvalue weighted by Gasteiger charge is 2.51. The summed E-state index contributed by atoms with van der Waals surface area (Å²) in [6.45, 7) is 4.78. The van der Waals surface area contributed by atoms with E-state index in [2.05, 4.69) is 78.2 Å². The fourth-order valence-corrected chi connectivity index (χ4v) is 6.64. The van der Waals surface area contributed by atoms with E-state index < -0.39 is 0 Å². The summed E-state index contributed by atoms with van der Waals surface area (Å²) in [4.78, 5) is 5.83. The second-order valence-electron chi connectivity index (χ2n) is 9.63. The number of benzene rings is 2. The van der Waals surface area contributed by atoms with Crippen LogP contribution in [0.25, 0.3) is 0 Å². The first kappa shape index (κ1) is 19.2. The summed E-state index contributed by atoms with van der Waals surface area (Å²) < 4.78 is 0. The van der Waals surface area contributed by atoms with Gasteiger partial charge in [-0.2, -0.15) is 0 Å². The van der Waals surface area contributed by atoms with E-state index in [4.69, 9.17) is 0 Å². The molecular formula is C27H36N2. The van der Waals surface area contributed by atoms with E-state index in [0.717, 1.165) is 12.0 Å². The van der Waals surface area contributed by atoms with Gasteiger partial charge in [-0.1, -0.05) is 74.2 Å². The Bertz CT molecular complexity index is 804. The quantitative estimate of drug-likeness (QED) is 0.574. The highest BCUT2D eigenvalue weighted by atomic mass is 15.5. The molecule has 2 aromatic carbocycles. The largest absolute Gasteiger partial charge is 0.351 e. The molecule has 2 heteroatoms. The molecule has 29 heavy (non-hydrogen) atoms. The first-order valence-electron chi connectivity index (χ1n) is 11.9. The van der Waals surface area contributed by atoms with Gasteiger partial charge in [0.25, 0.3) is 0 Å². The molecule has 3 fully saturated rings. The molecule has 3 atom stereocenters. The van der Waals surface area contributed by atoms with Crippen molar-refractivity contribution in [3.8, 4) is 0 Å². The lowest BCUT2D eigenvalue weighted by Crippen LogP contribution is -2.48. The third-order valence-corrected chi connectivity index (χ3v) is 7.91. The number of nitrogens with zero attached hydrogens (tertiary/aromatic N) is 2. The van der Waals surface area contributed by atoms with Crippen LogP contribution in [0, 0.1) is 12.8 Å². The molecule has 5 rings (SSSR count). The third-order valence-electron chi connectivity index (χ3n) is 7.91. The van der Waals surface area contributed by atoms with E-state index in [1.54, 1.807) is 0 Å². The summed E-state index contributed by atoms with van der Waals surface area (Å²) >= 11 is 0. The number of hydrogen-bond acceptors (Lipinski definition) is 2. The molecular weight excluding hydrogens is 352 g/mol. The van der Waals surface area contributed by atoms with Gasteiger partial charge in [0, 0.05) is 17.8 Å². The summed E-state index contributed by atoms with van der Waals surface area (Å²) in [6, 6.07) is 22.2. The highest BCUT2D eigenvalue weighted by Crippen LogP contribution is 2.49. The molecule has 1 saturated heterocycles. The molecule has 0 aromatic heterocycles. The Morgan fingerprint density at radius 3 is 2.07 bits per heavy atom. The lowest BCUT2D eigenvalue weighted by atomic mass is 9.97. The van der Waals surface area contributed by atoms with Gasteiger partial charge in [-0.25, -0.2) is 0 Å². The number of rotatable bonds is 4. The lowest BCUT2D eigenvalue weighted by molar-refractivity contribution is 0.0939. The lowest BCUT2D eigenvalue weighted by Gasteiger charge is -2.41. The minimum atomic E-state index is 0.490. The maximum atomic E-state index is 3.00. The molecule has 2 nitrogen and oxygen atoms in total. The standard InChI is InChI=1S/C27H36N2/c1-20-12-6-11-19-25(20)28-21(2)26(22-13-4-3-5-14-22)29(24-17-9-10-18-24)27(28)23-15-7-8-16-23/h3-6,11-14,19,21,23-24,26-27H,7-10,15-18H2,1-2H3/t21-,26?,27?/m0/s1. The Hall–Kier alpha value is -1.80. The van der Waals surface area contributed by atoms with Crippen molar-refractivity contribution in [1.82, 2.24) is 4.90 Å². The average molecular weight is 389 g/mol. The van der Waals surface area contributed by atoms with Crippen LogP contribution in [0.4, 0.5) is 5.69 Å². The zero-order chi connectivity index (χ0) is 19.8. The smallest absolute Gasteiger partial charge is 0.0861 e. The fraction of sp³-hybridized carbons (Fsp3) is 0.556. The van der Waals surface area contributed by atoms with Crippen molar-refractivity contribution in [1.29, 1.82) is 0 Å². The van der Waals surface area contributed by atoms with Crippen LogP contribution in [0.1, 0.15) is 75.5 Å². The van der Waals surface area contributed by atoms with E-state index >= 15 is 0 Å². The molecule has 2 saturated carbocycles. The minimum Gasteiger partial charge on any atom is -0.351 e. The third kappa shape index (κ3) is 3.40. The predicted molar refractivity (Wildman–Crippen MR) is 122 cm³/mol. The molecule has 154 valence electrons. The Kier molecular flexibility index (Phi) is 5.39. The fourth-order valence-electron chi connectivity index (χ4n) is 6.64. The molecule has 0 bridgehead atoms. The first-order chi connectivity index (χ1) is 14.3. The maximum absolute atomic E-state index is 3.00. The topological polar surface area (TPSA) is 6.48 Å². The molecule has 2 unspecified atom stereocenters. The van der Waals surface area contributed by atoms with Crippen LogP contribution in [0.15, 0.2) is 54.6 Å². The van der Waals surface area contributed by atoms with E-state index in [1.165, 1.54) is 68.2 Å². The SMILES string of the molecule is Cc1ccccc1N1C(C2CCCC2)N(C2CCCC2)C(c2ccccc2)[C@@H]1C. The molecule has 1 heterocycles.